The number of thiazole rings is 1. The highest BCUT2D eigenvalue weighted by atomic mass is 32.1. The lowest BCUT2D eigenvalue weighted by Crippen LogP contribution is -2.29. The van der Waals surface area contributed by atoms with E-state index in [9.17, 15) is 14.7 Å². The molecule has 0 radical (unpaired) electrons. The molecule has 5 rings (SSSR count). The maximum atomic E-state index is 13.2. The molecule has 3 aromatic carbocycles. The first-order valence-corrected chi connectivity index (χ1v) is 11.3. The van der Waals surface area contributed by atoms with Gasteiger partial charge in [-0.2, -0.15) is 0 Å². The van der Waals surface area contributed by atoms with E-state index in [1.165, 1.54) is 16.2 Å². The van der Waals surface area contributed by atoms with E-state index in [0.717, 1.165) is 16.5 Å². The summed E-state index contributed by atoms with van der Waals surface area (Å²) in [7, 11) is 3.16. The molecule has 1 saturated heterocycles. The van der Waals surface area contributed by atoms with Crippen LogP contribution in [0.4, 0.5) is 5.13 Å². The first kappa shape index (κ1) is 21.7. The zero-order valence-corrected chi connectivity index (χ0v) is 19.2. The summed E-state index contributed by atoms with van der Waals surface area (Å²) in [5.74, 6) is -0.375. The number of hydrogen-bond donors (Lipinski definition) is 1. The summed E-state index contributed by atoms with van der Waals surface area (Å²) < 4.78 is 10.5. The molecule has 0 bridgehead atoms. The number of methoxy groups -OCH3 is 2. The first-order valence-electron chi connectivity index (χ1n) is 10.4. The van der Waals surface area contributed by atoms with Gasteiger partial charge in [0.15, 0.2) is 5.13 Å². The van der Waals surface area contributed by atoms with E-state index >= 15 is 0 Å². The molecule has 2 heterocycles. The third-order valence-electron chi connectivity index (χ3n) is 5.82. The zero-order valence-electron chi connectivity index (χ0n) is 18.4. The Bertz CT molecular complexity index is 1430. The fraction of sp³-hybridized carbons (Fsp3) is 0.115. The molecule has 1 N–H and O–H groups in total. The van der Waals surface area contributed by atoms with Crippen LogP contribution in [-0.2, 0) is 9.59 Å². The molecule has 1 fully saturated rings. The van der Waals surface area contributed by atoms with Gasteiger partial charge in [-0.3, -0.25) is 14.5 Å². The highest BCUT2D eigenvalue weighted by molar-refractivity contribution is 7.14. The number of ketones is 1. The molecular formula is C26H20N2O5S. The van der Waals surface area contributed by atoms with Crippen LogP contribution in [0.15, 0.2) is 77.8 Å². The number of anilines is 1. The van der Waals surface area contributed by atoms with Gasteiger partial charge >= 0.3 is 5.91 Å². The summed E-state index contributed by atoms with van der Waals surface area (Å²) in [6.45, 7) is 0. The summed E-state index contributed by atoms with van der Waals surface area (Å²) in [6.07, 6.45) is 1.57. The molecule has 1 atom stereocenters. The zero-order chi connectivity index (χ0) is 23.8. The minimum atomic E-state index is -0.830. The van der Waals surface area contributed by atoms with E-state index < -0.39 is 17.7 Å². The SMILES string of the molecule is COc1ccc(C2/C(=C(\O)c3ccc4cc(OC)ccc4c3)C(=O)C(=O)N2c2nccs2)cc1. The van der Waals surface area contributed by atoms with Gasteiger partial charge in [-0.25, -0.2) is 4.98 Å². The topological polar surface area (TPSA) is 89.0 Å². The maximum absolute atomic E-state index is 13.2. The lowest BCUT2D eigenvalue weighted by molar-refractivity contribution is -0.132. The highest BCUT2D eigenvalue weighted by Gasteiger charge is 2.48. The number of ether oxygens (including phenoxy) is 2. The number of amides is 1. The van der Waals surface area contributed by atoms with Crippen molar-refractivity contribution in [3.63, 3.8) is 0 Å². The standard InChI is InChI=1S/C26H20N2O5S/c1-32-19-8-5-15(6-9-19)22-21(24(30)25(31)28(22)26-27-11-12-34-26)23(29)18-4-3-17-14-20(33-2)10-7-16(17)13-18/h3-14,22,29H,1-2H3/b23-21+. The number of benzene rings is 3. The van der Waals surface area contributed by atoms with E-state index in [2.05, 4.69) is 4.98 Å². The fourth-order valence-corrected chi connectivity index (χ4v) is 4.79. The van der Waals surface area contributed by atoms with Crippen molar-refractivity contribution in [3.05, 3.63) is 88.9 Å². The van der Waals surface area contributed by atoms with Gasteiger partial charge in [0.2, 0.25) is 0 Å². The van der Waals surface area contributed by atoms with E-state index in [1.54, 1.807) is 62.2 Å². The molecule has 1 aliphatic rings. The van der Waals surface area contributed by atoms with Gasteiger partial charge in [0.1, 0.15) is 17.3 Å². The largest absolute Gasteiger partial charge is 0.507 e. The summed E-state index contributed by atoms with van der Waals surface area (Å²) >= 11 is 1.25. The normalized spacial score (nSPS) is 17.4. The molecule has 0 saturated carbocycles. The van der Waals surface area contributed by atoms with Crippen molar-refractivity contribution in [2.45, 2.75) is 6.04 Å². The number of hydrogen-bond acceptors (Lipinski definition) is 7. The second-order valence-corrected chi connectivity index (χ2v) is 8.56. The van der Waals surface area contributed by atoms with Gasteiger partial charge in [-0.05, 0) is 46.7 Å². The Morgan fingerprint density at radius 3 is 2.29 bits per heavy atom. The van der Waals surface area contributed by atoms with E-state index in [-0.39, 0.29) is 11.3 Å². The number of aromatic nitrogens is 1. The molecule has 34 heavy (non-hydrogen) atoms. The number of nitrogens with zero attached hydrogens (tertiary/aromatic N) is 2. The number of carbonyl (C=O) groups is 2. The summed E-state index contributed by atoms with van der Waals surface area (Å²) in [4.78, 5) is 31.9. The molecule has 1 unspecified atom stereocenters. The van der Waals surface area contributed by atoms with Gasteiger partial charge in [0.05, 0.1) is 25.8 Å². The molecule has 4 aromatic rings. The molecule has 1 aromatic heterocycles. The van der Waals surface area contributed by atoms with Crippen LogP contribution in [0.2, 0.25) is 0 Å². The Hall–Kier alpha value is -4.17. The molecule has 7 nitrogen and oxygen atoms in total. The third kappa shape index (κ3) is 3.58. The maximum Gasteiger partial charge on any atom is 0.301 e. The van der Waals surface area contributed by atoms with Gasteiger partial charge in [-0.15, -0.1) is 11.3 Å². The Morgan fingerprint density at radius 1 is 0.941 bits per heavy atom. The monoisotopic (exact) mass is 472 g/mol. The second-order valence-electron chi connectivity index (χ2n) is 7.68. The van der Waals surface area contributed by atoms with Crippen molar-refractivity contribution < 1.29 is 24.2 Å². The highest BCUT2D eigenvalue weighted by Crippen LogP contribution is 2.43. The number of aliphatic hydroxyl groups excluding tert-OH is 1. The van der Waals surface area contributed by atoms with Crippen molar-refractivity contribution >= 4 is 44.7 Å². The number of Topliss-reactive ketones (excluding diaryl/α,β-unsaturated/α-hetero) is 1. The number of carbonyl (C=O) groups excluding carboxylic acids is 2. The van der Waals surface area contributed by atoms with Gasteiger partial charge in [-0.1, -0.05) is 30.3 Å². The molecule has 1 amide bonds. The minimum Gasteiger partial charge on any atom is -0.507 e. The predicted octanol–water partition coefficient (Wildman–Crippen LogP) is 4.94. The Balaban J connectivity index is 1.68. The molecule has 170 valence electrons. The summed E-state index contributed by atoms with van der Waals surface area (Å²) in [5.41, 5.74) is 1.11. The smallest absolute Gasteiger partial charge is 0.301 e. The van der Waals surface area contributed by atoms with Crippen LogP contribution in [0.1, 0.15) is 17.2 Å². The van der Waals surface area contributed by atoms with Crippen molar-refractivity contribution in [2.75, 3.05) is 19.1 Å². The second kappa shape index (κ2) is 8.64. The lowest BCUT2D eigenvalue weighted by Gasteiger charge is -2.23. The van der Waals surface area contributed by atoms with Crippen LogP contribution in [0.3, 0.4) is 0 Å². The van der Waals surface area contributed by atoms with E-state index in [1.807, 2.05) is 24.3 Å². The van der Waals surface area contributed by atoms with Gasteiger partial charge < -0.3 is 14.6 Å². The van der Waals surface area contributed by atoms with Gasteiger partial charge in [0, 0.05) is 17.1 Å². The number of fused-ring (bicyclic) bond motifs is 1. The molecule has 1 aliphatic heterocycles. The Morgan fingerprint density at radius 2 is 1.62 bits per heavy atom. The van der Waals surface area contributed by atoms with Crippen molar-refractivity contribution in [3.8, 4) is 11.5 Å². The number of aliphatic hydroxyl groups is 1. The molecule has 0 spiro atoms. The Labute approximate surface area is 199 Å². The first-order chi connectivity index (χ1) is 16.5. The van der Waals surface area contributed by atoms with Crippen LogP contribution in [0, 0.1) is 0 Å². The minimum absolute atomic E-state index is 0.0122. The van der Waals surface area contributed by atoms with Crippen LogP contribution in [-0.4, -0.2) is 36.0 Å². The van der Waals surface area contributed by atoms with E-state index in [4.69, 9.17) is 9.47 Å². The predicted molar refractivity (Wildman–Crippen MR) is 130 cm³/mol. The fourth-order valence-electron chi connectivity index (χ4n) is 4.12. The van der Waals surface area contributed by atoms with Crippen LogP contribution < -0.4 is 14.4 Å². The van der Waals surface area contributed by atoms with Crippen molar-refractivity contribution in [1.82, 2.24) is 4.98 Å². The van der Waals surface area contributed by atoms with Crippen LogP contribution in [0.5, 0.6) is 11.5 Å². The van der Waals surface area contributed by atoms with Gasteiger partial charge in [0.25, 0.3) is 5.78 Å². The van der Waals surface area contributed by atoms with Crippen LogP contribution >= 0.6 is 11.3 Å². The van der Waals surface area contributed by atoms with Crippen molar-refractivity contribution in [1.29, 1.82) is 0 Å². The summed E-state index contributed by atoms with van der Waals surface area (Å²) in [6, 6.07) is 17.1. The van der Waals surface area contributed by atoms with E-state index in [0.29, 0.717) is 22.0 Å². The average molecular weight is 473 g/mol. The lowest BCUT2D eigenvalue weighted by atomic mass is 9.94. The quantitative estimate of drug-likeness (QED) is 0.251. The number of rotatable bonds is 5. The third-order valence-corrected chi connectivity index (χ3v) is 6.59. The average Bonchev–Trinajstić information content (AvgIpc) is 3.49. The van der Waals surface area contributed by atoms with Crippen molar-refractivity contribution in [2.24, 2.45) is 0 Å². The molecule has 8 heteroatoms. The van der Waals surface area contributed by atoms with Crippen LogP contribution in [0.25, 0.3) is 16.5 Å². The Kier molecular flexibility index (Phi) is 5.51. The summed E-state index contributed by atoms with van der Waals surface area (Å²) in [5, 5.41) is 15.2. The molecule has 0 aliphatic carbocycles. The molecular weight excluding hydrogens is 452 g/mol.